The summed E-state index contributed by atoms with van der Waals surface area (Å²) in [4.78, 5) is 25.9. The van der Waals surface area contributed by atoms with E-state index in [-0.39, 0.29) is 17.9 Å². The number of benzene rings is 1. The predicted molar refractivity (Wildman–Crippen MR) is 70.0 cm³/mol. The van der Waals surface area contributed by atoms with E-state index in [1.165, 1.54) is 0 Å². The minimum atomic E-state index is -0.408. The van der Waals surface area contributed by atoms with Gasteiger partial charge in [-0.05, 0) is 5.56 Å². The van der Waals surface area contributed by atoms with Crippen LogP contribution in [0.2, 0.25) is 0 Å². The Morgan fingerprint density at radius 2 is 2.06 bits per heavy atom. The SMILES string of the molecule is O=C1NC(Cc2ccccc2)C(=O)N2CSCC12. The van der Waals surface area contributed by atoms with E-state index in [9.17, 15) is 9.59 Å². The van der Waals surface area contributed by atoms with Crippen molar-refractivity contribution in [3.05, 3.63) is 35.9 Å². The fourth-order valence-corrected chi connectivity index (χ4v) is 3.56. The lowest BCUT2D eigenvalue weighted by atomic mass is 10.0. The van der Waals surface area contributed by atoms with Gasteiger partial charge in [-0.2, -0.15) is 0 Å². The third-order valence-electron chi connectivity index (χ3n) is 3.37. The van der Waals surface area contributed by atoms with Gasteiger partial charge in [-0.25, -0.2) is 0 Å². The maximum Gasteiger partial charge on any atom is 0.246 e. The van der Waals surface area contributed by atoms with Crippen LogP contribution in [0.1, 0.15) is 5.56 Å². The molecule has 2 aliphatic heterocycles. The summed E-state index contributed by atoms with van der Waals surface area (Å²) in [5.41, 5.74) is 1.07. The molecule has 2 unspecified atom stereocenters. The third-order valence-corrected chi connectivity index (χ3v) is 4.38. The van der Waals surface area contributed by atoms with Crippen LogP contribution in [0.15, 0.2) is 30.3 Å². The second kappa shape index (κ2) is 4.65. The number of fused-ring (bicyclic) bond motifs is 1. The molecule has 5 heteroatoms. The van der Waals surface area contributed by atoms with Crippen LogP contribution in [0.5, 0.6) is 0 Å². The topological polar surface area (TPSA) is 49.4 Å². The van der Waals surface area contributed by atoms with Gasteiger partial charge in [0.1, 0.15) is 12.1 Å². The molecule has 2 heterocycles. The van der Waals surface area contributed by atoms with Crippen molar-refractivity contribution < 1.29 is 9.59 Å². The molecule has 18 heavy (non-hydrogen) atoms. The summed E-state index contributed by atoms with van der Waals surface area (Å²) < 4.78 is 0. The first-order valence-corrected chi connectivity index (χ1v) is 7.14. The average molecular weight is 262 g/mol. The van der Waals surface area contributed by atoms with Gasteiger partial charge in [-0.3, -0.25) is 9.59 Å². The monoisotopic (exact) mass is 262 g/mol. The summed E-state index contributed by atoms with van der Waals surface area (Å²) in [5.74, 6) is 1.40. The molecule has 2 atom stereocenters. The molecule has 0 aromatic heterocycles. The van der Waals surface area contributed by atoms with E-state index in [2.05, 4.69) is 5.32 Å². The van der Waals surface area contributed by atoms with Crippen molar-refractivity contribution in [2.24, 2.45) is 0 Å². The molecule has 1 aromatic carbocycles. The minimum Gasteiger partial charge on any atom is -0.342 e. The number of hydrogen-bond acceptors (Lipinski definition) is 3. The Hall–Kier alpha value is -1.49. The molecule has 1 N–H and O–H groups in total. The molecule has 0 radical (unpaired) electrons. The Balaban J connectivity index is 1.77. The van der Waals surface area contributed by atoms with Gasteiger partial charge in [0.15, 0.2) is 0 Å². The van der Waals surface area contributed by atoms with Gasteiger partial charge in [0, 0.05) is 12.2 Å². The first kappa shape index (κ1) is 11.6. The van der Waals surface area contributed by atoms with E-state index in [1.807, 2.05) is 30.3 Å². The fraction of sp³-hybridized carbons (Fsp3) is 0.385. The molecule has 0 spiro atoms. The molecular weight excluding hydrogens is 248 g/mol. The molecule has 94 valence electrons. The highest BCUT2D eigenvalue weighted by Gasteiger charge is 2.43. The predicted octanol–water partition coefficient (Wildman–Crippen LogP) is 0.629. The number of thioether (sulfide) groups is 1. The number of carbonyl (C=O) groups is 2. The lowest BCUT2D eigenvalue weighted by Crippen LogP contribution is -2.62. The second-order valence-corrected chi connectivity index (χ2v) is 5.57. The minimum absolute atomic E-state index is 0.0134. The standard InChI is InChI=1S/C13H14N2O2S/c16-12-11-7-18-8-15(11)13(17)10(14-12)6-9-4-2-1-3-5-9/h1-5,10-11H,6-8H2,(H,14,16). The van der Waals surface area contributed by atoms with E-state index < -0.39 is 6.04 Å². The Morgan fingerprint density at radius 3 is 2.83 bits per heavy atom. The zero-order valence-electron chi connectivity index (χ0n) is 9.83. The van der Waals surface area contributed by atoms with E-state index in [1.54, 1.807) is 16.7 Å². The summed E-state index contributed by atoms with van der Waals surface area (Å²) in [6.45, 7) is 0. The molecule has 2 saturated heterocycles. The molecule has 0 saturated carbocycles. The molecule has 0 aliphatic carbocycles. The van der Waals surface area contributed by atoms with Crippen LogP contribution in [0.25, 0.3) is 0 Å². The van der Waals surface area contributed by atoms with E-state index in [0.717, 1.165) is 11.3 Å². The van der Waals surface area contributed by atoms with Gasteiger partial charge in [0.05, 0.1) is 5.88 Å². The zero-order chi connectivity index (χ0) is 12.5. The van der Waals surface area contributed by atoms with Crippen LogP contribution < -0.4 is 5.32 Å². The summed E-state index contributed by atoms with van der Waals surface area (Å²) in [6.07, 6.45) is 0.569. The van der Waals surface area contributed by atoms with Crippen molar-refractivity contribution >= 4 is 23.6 Å². The van der Waals surface area contributed by atoms with Crippen molar-refractivity contribution in [3.8, 4) is 0 Å². The summed E-state index contributed by atoms with van der Waals surface area (Å²) in [7, 11) is 0. The summed E-state index contributed by atoms with van der Waals surface area (Å²) >= 11 is 1.64. The third kappa shape index (κ3) is 1.99. The van der Waals surface area contributed by atoms with Crippen LogP contribution in [-0.2, 0) is 16.0 Å². The molecular formula is C13H14N2O2S. The average Bonchev–Trinajstić information content (AvgIpc) is 2.87. The number of rotatable bonds is 2. The van der Waals surface area contributed by atoms with Crippen LogP contribution in [0.3, 0.4) is 0 Å². The van der Waals surface area contributed by atoms with Crippen LogP contribution in [-0.4, -0.2) is 40.4 Å². The van der Waals surface area contributed by atoms with Gasteiger partial charge in [-0.15, -0.1) is 11.8 Å². The highest BCUT2D eigenvalue weighted by atomic mass is 32.2. The Kier molecular flexibility index (Phi) is 2.99. The molecule has 2 amide bonds. The van der Waals surface area contributed by atoms with E-state index >= 15 is 0 Å². The smallest absolute Gasteiger partial charge is 0.246 e. The van der Waals surface area contributed by atoms with Crippen LogP contribution >= 0.6 is 11.8 Å². The quantitative estimate of drug-likeness (QED) is 0.850. The molecule has 2 fully saturated rings. The number of hydrogen-bond donors (Lipinski definition) is 1. The Morgan fingerprint density at radius 1 is 1.28 bits per heavy atom. The molecule has 1 aromatic rings. The van der Waals surface area contributed by atoms with E-state index in [4.69, 9.17) is 0 Å². The van der Waals surface area contributed by atoms with Crippen molar-refractivity contribution in [1.82, 2.24) is 10.2 Å². The number of amides is 2. The zero-order valence-corrected chi connectivity index (χ0v) is 10.7. The summed E-state index contributed by atoms with van der Waals surface area (Å²) in [6, 6.07) is 9.12. The fourth-order valence-electron chi connectivity index (χ4n) is 2.40. The van der Waals surface area contributed by atoms with Gasteiger partial charge in [-0.1, -0.05) is 30.3 Å². The highest BCUT2D eigenvalue weighted by Crippen LogP contribution is 2.25. The molecule has 0 bridgehead atoms. The normalized spacial score (nSPS) is 27.0. The Labute approximate surface area is 110 Å². The summed E-state index contributed by atoms with van der Waals surface area (Å²) in [5, 5.41) is 2.84. The first-order valence-electron chi connectivity index (χ1n) is 5.98. The van der Waals surface area contributed by atoms with Crippen LogP contribution in [0, 0.1) is 0 Å². The first-order chi connectivity index (χ1) is 8.75. The largest absolute Gasteiger partial charge is 0.342 e. The number of nitrogens with one attached hydrogen (secondary N) is 1. The van der Waals surface area contributed by atoms with Gasteiger partial charge >= 0.3 is 0 Å². The number of carbonyl (C=O) groups excluding carboxylic acids is 2. The second-order valence-electron chi connectivity index (χ2n) is 4.57. The highest BCUT2D eigenvalue weighted by molar-refractivity contribution is 7.99. The van der Waals surface area contributed by atoms with Crippen molar-refractivity contribution in [2.75, 3.05) is 11.6 Å². The number of nitrogens with zero attached hydrogens (tertiary/aromatic N) is 1. The van der Waals surface area contributed by atoms with Gasteiger partial charge in [0.25, 0.3) is 0 Å². The Bertz CT molecular complexity index is 477. The number of piperazine rings is 1. The van der Waals surface area contributed by atoms with Crippen LogP contribution in [0.4, 0.5) is 0 Å². The van der Waals surface area contributed by atoms with Gasteiger partial charge < -0.3 is 10.2 Å². The van der Waals surface area contributed by atoms with Gasteiger partial charge in [0.2, 0.25) is 11.8 Å². The molecule has 3 rings (SSSR count). The van der Waals surface area contributed by atoms with Crippen molar-refractivity contribution in [3.63, 3.8) is 0 Å². The van der Waals surface area contributed by atoms with Crippen molar-refractivity contribution in [2.45, 2.75) is 18.5 Å². The molecule has 4 nitrogen and oxygen atoms in total. The lowest BCUT2D eigenvalue weighted by molar-refractivity contribution is -0.146. The van der Waals surface area contributed by atoms with E-state index in [0.29, 0.717) is 12.3 Å². The van der Waals surface area contributed by atoms with Crippen molar-refractivity contribution in [1.29, 1.82) is 0 Å². The molecule has 2 aliphatic rings. The maximum absolute atomic E-state index is 12.3. The lowest BCUT2D eigenvalue weighted by Gasteiger charge is -2.34. The maximum atomic E-state index is 12.3.